The van der Waals surface area contributed by atoms with E-state index in [0.717, 1.165) is 31.7 Å². The minimum atomic E-state index is 0.145. The van der Waals surface area contributed by atoms with E-state index in [1.165, 1.54) is 18.0 Å². The fraction of sp³-hybridized carbons (Fsp3) is 0.600. The van der Waals surface area contributed by atoms with Crippen LogP contribution in [0, 0.1) is 11.8 Å². The number of aliphatic hydroxyl groups is 1. The van der Waals surface area contributed by atoms with Gasteiger partial charge in [0, 0.05) is 55.0 Å². The number of likely N-dealkylation sites (N-methyl/N-ethyl adjacent to an activating group) is 1. The molecule has 0 spiro atoms. The second-order valence-corrected chi connectivity index (χ2v) is 5.78. The van der Waals surface area contributed by atoms with Gasteiger partial charge in [0.1, 0.15) is 0 Å². The average Bonchev–Trinajstić information content (AvgIpc) is 2.88. The Balaban J connectivity index is 1.82. The standard InChI is InChI=1S/C15H22N2OS/c1-2-16-6-8-17(9-7-16)12-15-11-14(13-19-15)5-3-4-10-18/h11,13,18H,2,4,6-10,12H2,1H3. The van der Waals surface area contributed by atoms with Crippen molar-refractivity contribution < 1.29 is 5.11 Å². The van der Waals surface area contributed by atoms with E-state index in [-0.39, 0.29) is 6.61 Å². The zero-order chi connectivity index (χ0) is 13.5. The summed E-state index contributed by atoms with van der Waals surface area (Å²) < 4.78 is 0. The van der Waals surface area contributed by atoms with Gasteiger partial charge < -0.3 is 10.0 Å². The van der Waals surface area contributed by atoms with Gasteiger partial charge in [-0.05, 0) is 12.6 Å². The lowest BCUT2D eigenvalue weighted by Crippen LogP contribution is -2.45. The van der Waals surface area contributed by atoms with Crippen molar-refractivity contribution in [3.8, 4) is 11.8 Å². The van der Waals surface area contributed by atoms with Crippen LogP contribution >= 0.6 is 11.3 Å². The maximum Gasteiger partial charge on any atom is 0.0540 e. The van der Waals surface area contributed by atoms with E-state index in [0.29, 0.717) is 6.42 Å². The molecule has 0 bridgehead atoms. The zero-order valence-corrected chi connectivity index (χ0v) is 12.4. The summed E-state index contributed by atoms with van der Waals surface area (Å²) in [6.45, 7) is 9.28. The molecule has 0 aliphatic carbocycles. The second kappa shape index (κ2) is 7.66. The summed E-state index contributed by atoms with van der Waals surface area (Å²) in [5, 5.41) is 10.8. The van der Waals surface area contributed by atoms with Crippen molar-refractivity contribution in [2.75, 3.05) is 39.3 Å². The molecule has 0 atom stereocenters. The highest BCUT2D eigenvalue weighted by Gasteiger charge is 2.15. The maximum absolute atomic E-state index is 8.70. The Hall–Kier alpha value is -0.860. The summed E-state index contributed by atoms with van der Waals surface area (Å²) in [5.74, 6) is 6.06. The second-order valence-electron chi connectivity index (χ2n) is 4.79. The van der Waals surface area contributed by atoms with Crippen LogP contribution < -0.4 is 0 Å². The molecular formula is C15H22N2OS. The van der Waals surface area contributed by atoms with Crippen molar-refractivity contribution in [1.29, 1.82) is 0 Å². The summed E-state index contributed by atoms with van der Waals surface area (Å²) in [7, 11) is 0. The van der Waals surface area contributed by atoms with Gasteiger partial charge in [-0.2, -0.15) is 0 Å². The molecule has 1 aliphatic heterocycles. The van der Waals surface area contributed by atoms with Gasteiger partial charge in [0.25, 0.3) is 0 Å². The van der Waals surface area contributed by atoms with Gasteiger partial charge in [-0.1, -0.05) is 18.8 Å². The summed E-state index contributed by atoms with van der Waals surface area (Å²) in [6.07, 6.45) is 0.560. The molecule has 1 aromatic rings. The lowest BCUT2D eigenvalue weighted by molar-refractivity contribution is 0.133. The number of thiophene rings is 1. The van der Waals surface area contributed by atoms with E-state index in [1.807, 2.05) is 0 Å². The molecule has 2 rings (SSSR count). The summed E-state index contributed by atoms with van der Waals surface area (Å²) in [4.78, 5) is 6.40. The highest BCUT2D eigenvalue weighted by molar-refractivity contribution is 7.10. The molecule has 2 heterocycles. The minimum Gasteiger partial charge on any atom is -0.395 e. The summed E-state index contributed by atoms with van der Waals surface area (Å²) >= 11 is 1.79. The van der Waals surface area contributed by atoms with Gasteiger partial charge in [0.2, 0.25) is 0 Å². The lowest BCUT2D eigenvalue weighted by Gasteiger charge is -2.33. The molecule has 104 valence electrons. The topological polar surface area (TPSA) is 26.7 Å². The molecule has 4 heteroatoms. The number of rotatable bonds is 4. The molecule has 1 aliphatic rings. The SMILES string of the molecule is CCN1CCN(Cc2cc(C#CCCO)cs2)CC1. The normalized spacial score (nSPS) is 17.2. The van der Waals surface area contributed by atoms with E-state index in [1.54, 1.807) is 11.3 Å². The highest BCUT2D eigenvalue weighted by atomic mass is 32.1. The Labute approximate surface area is 119 Å². The van der Waals surface area contributed by atoms with Gasteiger partial charge in [0.05, 0.1) is 6.61 Å². The molecule has 0 amide bonds. The third kappa shape index (κ3) is 4.63. The molecule has 19 heavy (non-hydrogen) atoms. The molecule has 0 radical (unpaired) electrons. The molecule has 1 fully saturated rings. The van der Waals surface area contributed by atoms with E-state index in [9.17, 15) is 0 Å². The highest BCUT2D eigenvalue weighted by Crippen LogP contribution is 2.17. The van der Waals surface area contributed by atoms with E-state index in [4.69, 9.17) is 5.11 Å². The van der Waals surface area contributed by atoms with Crippen LogP contribution in [0.4, 0.5) is 0 Å². The predicted molar refractivity (Wildman–Crippen MR) is 80.3 cm³/mol. The first-order valence-corrected chi connectivity index (χ1v) is 7.81. The van der Waals surface area contributed by atoms with Crippen LogP contribution in [0.25, 0.3) is 0 Å². The summed E-state index contributed by atoms with van der Waals surface area (Å²) in [5.41, 5.74) is 1.08. The molecule has 0 aromatic carbocycles. The van der Waals surface area contributed by atoms with E-state index < -0.39 is 0 Å². The average molecular weight is 278 g/mol. The van der Waals surface area contributed by atoms with Crippen LogP contribution in [0.1, 0.15) is 23.8 Å². The first kappa shape index (κ1) is 14.5. The van der Waals surface area contributed by atoms with Crippen molar-refractivity contribution in [2.45, 2.75) is 19.9 Å². The Morgan fingerprint density at radius 2 is 2.00 bits per heavy atom. The van der Waals surface area contributed by atoms with Crippen molar-refractivity contribution >= 4 is 11.3 Å². The number of hydrogen-bond donors (Lipinski definition) is 1. The van der Waals surface area contributed by atoms with Crippen LogP contribution in [-0.4, -0.2) is 54.2 Å². The first-order chi connectivity index (χ1) is 9.31. The molecule has 1 saturated heterocycles. The Morgan fingerprint density at radius 3 is 2.68 bits per heavy atom. The maximum atomic E-state index is 8.70. The molecule has 0 saturated carbocycles. The zero-order valence-electron chi connectivity index (χ0n) is 11.6. The Bertz CT molecular complexity index is 438. The van der Waals surface area contributed by atoms with E-state index in [2.05, 4.69) is 40.0 Å². The van der Waals surface area contributed by atoms with Crippen LogP contribution in [0.15, 0.2) is 11.4 Å². The van der Waals surface area contributed by atoms with Crippen LogP contribution in [-0.2, 0) is 6.54 Å². The van der Waals surface area contributed by atoms with Gasteiger partial charge in [-0.25, -0.2) is 0 Å². The number of hydrogen-bond acceptors (Lipinski definition) is 4. The monoisotopic (exact) mass is 278 g/mol. The minimum absolute atomic E-state index is 0.145. The molecular weight excluding hydrogens is 256 g/mol. The molecule has 1 N–H and O–H groups in total. The fourth-order valence-electron chi connectivity index (χ4n) is 2.23. The Kier molecular flexibility index (Phi) is 5.87. The number of aliphatic hydroxyl groups excluding tert-OH is 1. The molecule has 3 nitrogen and oxygen atoms in total. The Morgan fingerprint density at radius 1 is 1.26 bits per heavy atom. The number of piperazine rings is 1. The van der Waals surface area contributed by atoms with Gasteiger partial charge in [-0.15, -0.1) is 11.3 Å². The third-order valence-electron chi connectivity index (χ3n) is 3.41. The lowest BCUT2D eigenvalue weighted by atomic mass is 10.2. The predicted octanol–water partition coefficient (Wildman–Crippen LogP) is 1.62. The van der Waals surface area contributed by atoms with Gasteiger partial charge in [0.15, 0.2) is 0 Å². The van der Waals surface area contributed by atoms with Crippen molar-refractivity contribution in [2.24, 2.45) is 0 Å². The van der Waals surface area contributed by atoms with Crippen LogP contribution in [0.2, 0.25) is 0 Å². The van der Waals surface area contributed by atoms with Crippen LogP contribution in [0.3, 0.4) is 0 Å². The van der Waals surface area contributed by atoms with Gasteiger partial charge >= 0.3 is 0 Å². The van der Waals surface area contributed by atoms with Crippen LogP contribution in [0.5, 0.6) is 0 Å². The van der Waals surface area contributed by atoms with Crippen molar-refractivity contribution in [3.63, 3.8) is 0 Å². The molecule has 0 unspecified atom stereocenters. The van der Waals surface area contributed by atoms with E-state index >= 15 is 0 Å². The quantitative estimate of drug-likeness (QED) is 0.848. The smallest absolute Gasteiger partial charge is 0.0540 e. The fourth-order valence-corrected chi connectivity index (χ4v) is 3.09. The largest absolute Gasteiger partial charge is 0.395 e. The summed E-state index contributed by atoms with van der Waals surface area (Å²) in [6, 6.07) is 2.18. The third-order valence-corrected chi connectivity index (χ3v) is 4.34. The van der Waals surface area contributed by atoms with Crippen molar-refractivity contribution in [1.82, 2.24) is 9.80 Å². The van der Waals surface area contributed by atoms with Gasteiger partial charge in [-0.3, -0.25) is 4.90 Å². The van der Waals surface area contributed by atoms with Crippen molar-refractivity contribution in [3.05, 3.63) is 21.9 Å². The number of nitrogens with zero attached hydrogens (tertiary/aromatic N) is 2. The molecule has 1 aromatic heterocycles. The first-order valence-electron chi connectivity index (χ1n) is 6.93.